The van der Waals surface area contributed by atoms with Crippen molar-refractivity contribution in [3.05, 3.63) is 65.0 Å². The molecule has 150 valence electrons. The van der Waals surface area contributed by atoms with Gasteiger partial charge in [0, 0.05) is 38.2 Å². The second kappa shape index (κ2) is 7.83. The van der Waals surface area contributed by atoms with Gasteiger partial charge in [-0.05, 0) is 60.4 Å². The number of carbonyl (C=O) groups excluding carboxylic acids is 1. The predicted molar refractivity (Wildman–Crippen MR) is 114 cm³/mol. The molecule has 1 aliphatic rings. The number of aryl methyl sites for hydroxylation is 2. The smallest absolute Gasteiger partial charge is 0.266 e. The first-order chi connectivity index (χ1) is 14.0. The maximum atomic E-state index is 12.5. The molecule has 0 spiro atoms. The van der Waals surface area contributed by atoms with E-state index >= 15 is 0 Å². The lowest BCUT2D eigenvalue weighted by atomic mass is 9.95. The number of tetrazole rings is 1. The summed E-state index contributed by atoms with van der Waals surface area (Å²) in [5.41, 5.74) is 5.98. The second-order valence-electron chi connectivity index (χ2n) is 7.23. The van der Waals surface area contributed by atoms with E-state index in [0.29, 0.717) is 11.5 Å². The van der Waals surface area contributed by atoms with E-state index in [0.717, 1.165) is 36.3 Å². The van der Waals surface area contributed by atoms with E-state index in [9.17, 15) is 4.79 Å². The zero-order valence-electron chi connectivity index (χ0n) is 16.8. The van der Waals surface area contributed by atoms with Crippen molar-refractivity contribution in [3.63, 3.8) is 0 Å². The highest BCUT2D eigenvalue weighted by Gasteiger charge is 2.21. The number of benzene rings is 1. The summed E-state index contributed by atoms with van der Waals surface area (Å²) in [4.78, 5) is 20.1. The van der Waals surface area contributed by atoms with Crippen molar-refractivity contribution in [3.8, 4) is 0 Å². The van der Waals surface area contributed by atoms with Crippen LogP contribution in [0.1, 0.15) is 36.3 Å². The minimum atomic E-state index is -0.134. The zero-order chi connectivity index (χ0) is 20.4. The molecule has 0 unspecified atom stereocenters. The Morgan fingerprint density at radius 1 is 1.17 bits per heavy atom. The minimum absolute atomic E-state index is 0. The Bertz CT molecular complexity index is 1070. The molecule has 4 rings (SSSR count). The Morgan fingerprint density at radius 3 is 2.66 bits per heavy atom. The molecule has 1 aliphatic heterocycles. The molecule has 3 heterocycles. The van der Waals surface area contributed by atoms with Gasteiger partial charge >= 0.3 is 0 Å². The van der Waals surface area contributed by atoms with Crippen molar-refractivity contribution in [2.24, 2.45) is 7.05 Å². The van der Waals surface area contributed by atoms with Crippen molar-refractivity contribution in [1.29, 1.82) is 0 Å². The molecule has 1 amide bonds. The van der Waals surface area contributed by atoms with Crippen LogP contribution in [-0.4, -0.2) is 44.2 Å². The maximum absolute atomic E-state index is 12.5. The van der Waals surface area contributed by atoms with Gasteiger partial charge in [0.25, 0.3) is 11.9 Å². The topological polar surface area (TPSA) is 88.8 Å². The molecular weight excluding hydrogens is 366 g/mol. The van der Waals surface area contributed by atoms with Crippen LogP contribution in [0, 0.1) is 6.92 Å². The van der Waals surface area contributed by atoms with Crippen molar-refractivity contribution in [2.45, 2.75) is 20.3 Å². The lowest BCUT2D eigenvalue weighted by Crippen LogP contribution is -2.31. The molecule has 29 heavy (non-hydrogen) atoms. The highest BCUT2D eigenvalue weighted by Crippen LogP contribution is 2.28. The molecule has 0 atom stereocenters. The third-order valence-corrected chi connectivity index (χ3v) is 5.16. The van der Waals surface area contributed by atoms with Crippen LogP contribution in [0.15, 0.2) is 48.3 Å². The second-order valence-corrected chi connectivity index (χ2v) is 7.23. The summed E-state index contributed by atoms with van der Waals surface area (Å²) in [7, 11) is 1.77. The SMILES string of the molecule is CC1=C(c2ccc(NC(=O)c3ccncc3C)cc2)CN(c2nnn(C)n2)CC1.[HH]. The highest BCUT2D eigenvalue weighted by atomic mass is 16.1. The third kappa shape index (κ3) is 4.01. The van der Waals surface area contributed by atoms with Gasteiger partial charge in [0.1, 0.15) is 0 Å². The van der Waals surface area contributed by atoms with E-state index in [4.69, 9.17) is 0 Å². The molecule has 8 nitrogen and oxygen atoms in total. The van der Waals surface area contributed by atoms with Crippen LogP contribution in [0.2, 0.25) is 0 Å². The Balaban J connectivity index is 0.00000256. The summed E-state index contributed by atoms with van der Waals surface area (Å²) in [5, 5.41) is 15.3. The molecule has 1 aromatic carbocycles. The fraction of sp³-hybridized carbons (Fsp3) is 0.286. The number of aromatic nitrogens is 5. The van der Waals surface area contributed by atoms with Crippen molar-refractivity contribution >= 4 is 23.1 Å². The summed E-state index contributed by atoms with van der Waals surface area (Å²) < 4.78 is 0. The Kier molecular flexibility index (Phi) is 5.07. The molecule has 8 heteroatoms. The number of nitrogens with zero attached hydrogens (tertiary/aromatic N) is 6. The fourth-order valence-corrected chi connectivity index (χ4v) is 3.45. The first-order valence-corrected chi connectivity index (χ1v) is 9.51. The van der Waals surface area contributed by atoms with Crippen LogP contribution >= 0.6 is 0 Å². The first-order valence-electron chi connectivity index (χ1n) is 9.51. The lowest BCUT2D eigenvalue weighted by Gasteiger charge is -2.29. The van der Waals surface area contributed by atoms with Gasteiger partial charge < -0.3 is 10.2 Å². The van der Waals surface area contributed by atoms with Crippen molar-refractivity contribution in [1.82, 2.24) is 25.2 Å². The third-order valence-electron chi connectivity index (χ3n) is 5.16. The number of amides is 1. The van der Waals surface area contributed by atoms with Crippen molar-refractivity contribution < 1.29 is 6.22 Å². The molecule has 0 radical (unpaired) electrons. The number of pyridine rings is 1. The van der Waals surface area contributed by atoms with E-state index < -0.39 is 0 Å². The summed E-state index contributed by atoms with van der Waals surface area (Å²) in [6, 6.07) is 9.68. The molecule has 0 saturated carbocycles. The summed E-state index contributed by atoms with van der Waals surface area (Å²) in [6.07, 6.45) is 4.27. The number of hydrogen-bond acceptors (Lipinski definition) is 6. The van der Waals surface area contributed by atoms with E-state index in [1.54, 1.807) is 25.5 Å². The molecular formula is C21H25N7O. The van der Waals surface area contributed by atoms with Crippen LogP contribution in [0.4, 0.5) is 11.6 Å². The van der Waals surface area contributed by atoms with E-state index in [1.165, 1.54) is 15.9 Å². The number of rotatable bonds is 4. The van der Waals surface area contributed by atoms with E-state index in [2.05, 4.69) is 37.5 Å². The molecule has 0 fully saturated rings. The van der Waals surface area contributed by atoms with Gasteiger partial charge in [0.05, 0.1) is 7.05 Å². The molecule has 1 N–H and O–H groups in total. The van der Waals surface area contributed by atoms with Crippen LogP contribution in [0.3, 0.4) is 0 Å². The molecule has 3 aromatic rings. The van der Waals surface area contributed by atoms with Crippen LogP contribution in [0.25, 0.3) is 5.57 Å². The van der Waals surface area contributed by atoms with Gasteiger partial charge in [-0.2, -0.15) is 4.80 Å². The minimum Gasteiger partial charge on any atom is -0.334 e. The van der Waals surface area contributed by atoms with Gasteiger partial charge in [-0.1, -0.05) is 22.8 Å². The van der Waals surface area contributed by atoms with Gasteiger partial charge in [0.15, 0.2) is 0 Å². The van der Waals surface area contributed by atoms with E-state index in [1.807, 2.05) is 31.2 Å². The van der Waals surface area contributed by atoms with Crippen LogP contribution in [-0.2, 0) is 7.05 Å². The summed E-state index contributed by atoms with van der Waals surface area (Å²) in [5.74, 6) is 0.514. The number of hydrogen-bond donors (Lipinski definition) is 1. The average Bonchev–Trinajstić information content (AvgIpc) is 3.16. The van der Waals surface area contributed by atoms with Gasteiger partial charge in [-0.3, -0.25) is 9.78 Å². The lowest BCUT2D eigenvalue weighted by molar-refractivity contribution is 0.102. The monoisotopic (exact) mass is 391 g/mol. The quantitative estimate of drug-likeness (QED) is 0.735. The fourth-order valence-electron chi connectivity index (χ4n) is 3.45. The molecule has 0 aliphatic carbocycles. The Morgan fingerprint density at radius 2 is 1.97 bits per heavy atom. The van der Waals surface area contributed by atoms with Crippen LogP contribution in [0.5, 0.6) is 0 Å². The number of carbonyl (C=O) groups is 1. The van der Waals surface area contributed by atoms with Crippen molar-refractivity contribution in [2.75, 3.05) is 23.3 Å². The Hall–Kier alpha value is -3.55. The largest absolute Gasteiger partial charge is 0.334 e. The predicted octanol–water partition coefficient (Wildman–Crippen LogP) is 3.10. The Labute approximate surface area is 170 Å². The van der Waals surface area contributed by atoms with Gasteiger partial charge in [-0.15, -0.1) is 5.10 Å². The maximum Gasteiger partial charge on any atom is 0.266 e. The standard InChI is InChI=1S/C21H23N7O.H2/c1-14-9-11-28(21-24-26-27(3)25-21)13-19(14)16-4-6-17(7-5-16)23-20(29)18-8-10-22-12-15(18)2;/h4-8,10,12H,9,11,13H2,1-3H3,(H,23,29);1H. The van der Waals surface area contributed by atoms with Gasteiger partial charge in [0.2, 0.25) is 0 Å². The van der Waals surface area contributed by atoms with Crippen LogP contribution < -0.4 is 10.2 Å². The highest BCUT2D eigenvalue weighted by molar-refractivity contribution is 6.05. The molecule has 0 saturated heterocycles. The van der Waals surface area contributed by atoms with Gasteiger partial charge in [-0.25, -0.2) is 0 Å². The first kappa shape index (κ1) is 18.8. The normalized spacial score (nSPS) is 14.2. The van der Waals surface area contributed by atoms with E-state index in [-0.39, 0.29) is 7.33 Å². The summed E-state index contributed by atoms with van der Waals surface area (Å²) in [6.45, 7) is 5.65. The number of anilines is 2. The summed E-state index contributed by atoms with van der Waals surface area (Å²) >= 11 is 0. The number of nitrogens with one attached hydrogen (secondary N) is 1. The zero-order valence-corrected chi connectivity index (χ0v) is 16.8. The molecule has 0 bridgehead atoms. The molecule has 2 aromatic heterocycles. The average molecular weight is 391 g/mol.